The second-order valence-corrected chi connectivity index (χ2v) is 3.77. The molecule has 4 N–H and O–H groups in total. The fraction of sp³-hybridized carbons (Fsp3) is 0.364. The summed E-state index contributed by atoms with van der Waals surface area (Å²) in [6.45, 7) is 1.70. The molecule has 0 aromatic heterocycles. The Hall–Kier alpha value is -1.77. The van der Waals surface area contributed by atoms with Crippen molar-refractivity contribution in [2.24, 2.45) is 5.84 Å². The van der Waals surface area contributed by atoms with Gasteiger partial charge in [-0.2, -0.15) is 5.26 Å². The first-order valence-corrected chi connectivity index (χ1v) is 4.79. The number of nitrogens with two attached hydrogens (primary N) is 1. The zero-order valence-corrected chi connectivity index (χ0v) is 9.32. The topological polar surface area (TPSA) is 91.3 Å². The summed E-state index contributed by atoms with van der Waals surface area (Å²) in [5.74, 6) is 5.77. The molecule has 0 spiro atoms. The normalized spacial score (nSPS) is 13.9. The summed E-state index contributed by atoms with van der Waals surface area (Å²) in [6, 6.07) is 7.03. The summed E-state index contributed by atoms with van der Waals surface area (Å²) in [5.41, 5.74) is 2.49. The minimum atomic E-state index is -0.831. The van der Waals surface area contributed by atoms with E-state index in [9.17, 15) is 5.11 Å². The van der Waals surface area contributed by atoms with E-state index in [1.165, 1.54) is 13.2 Å². The third-order valence-electron chi connectivity index (χ3n) is 2.37. The first-order valence-electron chi connectivity index (χ1n) is 4.79. The SMILES string of the molecule is COc1cc(C[C@](C)(C#N)NN)ccc1O. The van der Waals surface area contributed by atoms with Crippen LogP contribution in [0.2, 0.25) is 0 Å². The highest BCUT2D eigenvalue weighted by molar-refractivity contribution is 5.42. The van der Waals surface area contributed by atoms with Crippen LogP contribution < -0.4 is 16.0 Å². The number of phenols is 1. The van der Waals surface area contributed by atoms with E-state index < -0.39 is 5.54 Å². The van der Waals surface area contributed by atoms with Crippen LogP contribution in [0, 0.1) is 11.3 Å². The van der Waals surface area contributed by atoms with Gasteiger partial charge < -0.3 is 9.84 Å². The summed E-state index contributed by atoms with van der Waals surface area (Å²) in [6.07, 6.45) is 0.427. The van der Waals surface area contributed by atoms with E-state index >= 15 is 0 Å². The van der Waals surface area contributed by atoms with Gasteiger partial charge in [0.05, 0.1) is 13.2 Å². The molecule has 0 aliphatic carbocycles. The number of rotatable bonds is 4. The number of aromatic hydroxyl groups is 1. The van der Waals surface area contributed by atoms with E-state index in [2.05, 4.69) is 11.5 Å². The van der Waals surface area contributed by atoms with Crippen molar-refractivity contribution in [1.82, 2.24) is 5.43 Å². The van der Waals surface area contributed by atoms with E-state index in [1.807, 2.05) is 0 Å². The van der Waals surface area contributed by atoms with Crippen molar-refractivity contribution in [1.29, 1.82) is 5.26 Å². The molecule has 0 radical (unpaired) electrons. The molecule has 1 aromatic carbocycles. The highest BCUT2D eigenvalue weighted by Gasteiger charge is 2.22. The summed E-state index contributed by atoms with van der Waals surface area (Å²) < 4.78 is 4.98. The van der Waals surface area contributed by atoms with Crippen molar-refractivity contribution >= 4 is 0 Å². The van der Waals surface area contributed by atoms with E-state index in [0.717, 1.165) is 5.56 Å². The molecule has 0 aliphatic heterocycles. The monoisotopic (exact) mass is 221 g/mol. The maximum Gasteiger partial charge on any atom is 0.160 e. The molecule has 1 rings (SSSR count). The minimum absolute atomic E-state index is 0.0746. The molecule has 0 aliphatic rings. The number of hydrazine groups is 1. The number of nitrogens with one attached hydrogen (secondary N) is 1. The lowest BCUT2D eigenvalue weighted by molar-refractivity contribution is 0.372. The van der Waals surface area contributed by atoms with Crippen LogP contribution in [0.1, 0.15) is 12.5 Å². The molecule has 86 valence electrons. The van der Waals surface area contributed by atoms with Gasteiger partial charge in [0, 0.05) is 6.42 Å². The van der Waals surface area contributed by atoms with Crippen LogP contribution in [-0.2, 0) is 6.42 Å². The average molecular weight is 221 g/mol. The molecule has 0 saturated heterocycles. The molecular formula is C11H15N3O2. The van der Waals surface area contributed by atoms with Crippen molar-refractivity contribution in [2.45, 2.75) is 18.9 Å². The lowest BCUT2D eigenvalue weighted by atomic mass is 9.95. The molecule has 1 aromatic rings. The number of nitrogens with zero attached hydrogens (tertiary/aromatic N) is 1. The van der Waals surface area contributed by atoms with Crippen molar-refractivity contribution in [3.05, 3.63) is 23.8 Å². The number of phenolic OH excluding ortho intramolecular Hbond substituents is 1. The Morgan fingerprint density at radius 3 is 2.81 bits per heavy atom. The van der Waals surface area contributed by atoms with Gasteiger partial charge in [-0.3, -0.25) is 5.84 Å². The zero-order valence-electron chi connectivity index (χ0n) is 9.32. The van der Waals surface area contributed by atoms with Crippen molar-refractivity contribution in [3.8, 4) is 17.6 Å². The van der Waals surface area contributed by atoms with Crippen LogP contribution in [0.15, 0.2) is 18.2 Å². The van der Waals surface area contributed by atoms with Gasteiger partial charge in [-0.15, -0.1) is 0 Å². The first-order chi connectivity index (χ1) is 7.54. The molecule has 0 unspecified atom stereocenters. The van der Waals surface area contributed by atoms with Crippen molar-refractivity contribution < 1.29 is 9.84 Å². The van der Waals surface area contributed by atoms with E-state index in [1.54, 1.807) is 19.1 Å². The fourth-order valence-corrected chi connectivity index (χ4v) is 1.36. The van der Waals surface area contributed by atoms with Gasteiger partial charge in [-0.1, -0.05) is 6.07 Å². The van der Waals surface area contributed by atoms with Crippen molar-refractivity contribution in [3.63, 3.8) is 0 Å². The molecule has 0 amide bonds. The molecule has 0 saturated carbocycles. The van der Waals surface area contributed by atoms with Gasteiger partial charge in [0.2, 0.25) is 0 Å². The number of hydrogen-bond donors (Lipinski definition) is 3. The summed E-state index contributed by atoms with van der Waals surface area (Å²) in [7, 11) is 1.48. The van der Waals surface area contributed by atoms with Crippen LogP contribution in [0.4, 0.5) is 0 Å². The molecule has 0 heterocycles. The Bertz CT molecular complexity index is 414. The number of hydrogen-bond acceptors (Lipinski definition) is 5. The van der Waals surface area contributed by atoms with Gasteiger partial charge in [-0.05, 0) is 24.6 Å². The predicted octanol–water partition coefficient (Wildman–Crippen LogP) is 0.689. The Labute approximate surface area is 94.4 Å². The molecule has 16 heavy (non-hydrogen) atoms. The second kappa shape index (κ2) is 4.84. The number of nitriles is 1. The lowest BCUT2D eigenvalue weighted by Crippen LogP contribution is -2.47. The van der Waals surface area contributed by atoms with E-state index in [-0.39, 0.29) is 5.75 Å². The maximum atomic E-state index is 9.42. The third-order valence-corrected chi connectivity index (χ3v) is 2.37. The minimum Gasteiger partial charge on any atom is -0.504 e. The standard InChI is InChI=1S/C11H15N3O2/c1-11(7-12,14-13)6-8-3-4-9(15)10(5-8)16-2/h3-5,14-15H,6,13H2,1-2H3/t11-/m1/s1. The van der Waals surface area contributed by atoms with Crippen LogP contribution in [0.3, 0.4) is 0 Å². The van der Waals surface area contributed by atoms with Gasteiger partial charge in [0.25, 0.3) is 0 Å². The van der Waals surface area contributed by atoms with Crippen LogP contribution in [0.5, 0.6) is 11.5 Å². The Balaban J connectivity index is 2.95. The average Bonchev–Trinajstić information content (AvgIpc) is 2.31. The quantitative estimate of drug-likeness (QED) is 0.514. The Morgan fingerprint density at radius 2 is 2.31 bits per heavy atom. The molecule has 5 nitrogen and oxygen atoms in total. The maximum absolute atomic E-state index is 9.42. The number of ether oxygens (including phenoxy) is 1. The molecule has 0 fully saturated rings. The molecular weight excluding hydrogens is 206 g/mol. The van der Waals surface area contributed by atoms with E-state index in [0.29, 0.717) is 12.2 Å². The zero-order chi connectivity index (χ0) is 12.2. The van der Waals surface area contributed by atoms with Gasteiger partial charge in [0.1, 0.15) is 5.54 Å². The fourth-order valence-electron chi connectivity index (χ4n) is 1.36. The van der Waals surface area contributed by atoms with Crippen LogP contribution in [0.25, 0.3) is 0 Å². The summed E-state index contributed by atoms with van der Waals surface area (Å²) in [5, 5.41) is 18.4. The van der Waals surface area contributed by atoms with Gasteiger partial charge >= 0.3 is 0 Å². The van der Waals surface area contributed by atoms with Crippen molar-refractivity contribution in [2.75, 3.05) is 7.11 Å². The largest absolute Gasteiger partial charge is 0.504 e. The molecule has 0 bridgehead atoms. The Kier molecular flexibility index (Phi) is 3.72. The van der Waals surface area contributed by atoms with Crippen LogP contribution in [-0.4, -0.2) is 17.8 Å². The van der Waals surface area contributed by atoms with Gasteiger partial charge in [0.15, 0.2) is 11.5 Å². The van der Waals surface area contributed by atoms with Gasteiger partial charge in [-0.25, -0.2) is 5.43 Å². The smallest absolute Gasteiger partial charge is 0.160 e. The third kappa shape index (κ3) is 2.63. The highest BCUT2D eigenvalue weighted by Crippen LogP contribution is 2.27. The van der Waals surface area contributed by atoms with E-state index in [4.69, 9.17) is 15.8 Å². The lowest BCUT2D eigenvalue weighted by Gasteiger charge is -2.20. The van der Waals surface area contributed by atoms with Crippen LogP contribution >= 0.6 is 0 Å². The Morgan fingerprint density at radius 1 is 1.62 bits per heavy atom. The summed E-state index contributed by atoms with van der Waals surface area (Å²) in [4.78, 5) is 0. The molecule has 5 heteroatoms. The second-order valence-electron chi connectivity index (χ2n) is 3.77. The number of benzene rings is 1. The highest BCUT2D eigenvalue weighted by atomic mass is 16.5. The molecule has 1 atom stereocenters. The summed E-state index contributed by atoms with van der Waals surface area (Å²) >= 11 is 0. The predicted molar refractivity (Wildman–Crippen MR) is 59.7 cm³/mol. The number of methoxy groups -OCH3 is 1. The first kappa shape index (κ1) is 12.3.